The van der Waals surface area contributed by atoms with Gasteiger partial charge in [-0.3, -0.25) is 10.2 Å². The summed E-state index contributed by atoms with van der Waals surface area (Å²) in [5, 5.41) is 15.7. The minimum atomic E-state index is -0.330. The zero-order valence-corrected chi connectivity index (χ0v) is 10.5. The topological polar surface area (TPSA) is 100 Å². The highest BCUT2D eigenvalue weighted by molar-refractivity contribution is 6.66. The van der Waals surface area contributed by atoms with Crippen LogP contribution in [-0.4, -0.2) is 22.5 Å². The number of nitrogens with two attached hydrogens (primary N) is 1. The van der Waals surface area contributed by atoms with Crippen molar-refractivity contribution in [1.29, 1.82) is 0 Å². The van der Waals surface area contributed by atoms with Crippen molar-refractivity contribution in [3.63, 3.8) is 0 Å². The number of amidine groups is 1. The third-order valence-electron chi connectivity index (χ3n) is 2.08. The van der Waals surface area contributed by atoms with Gasteiger partial charge >= 0.3 is 0 Å². The molecule has 0 saturated carbocycles. The van der Waals surface area contributed by atoms with E-state index in [1.165, 1.54) is 0 Å². The van der Waals surface area contributed by atoms with Crippen molar-refractivity contribution in [2.75, 3.05) is 5.43 Å². The summed E-state index contributed by atoms with van der Waals surface area (Å²) in [6.45, 7) is 1.66. The lowest BCUT2D eigenvalue weighted by Gasteiger charge is -2.04. The van der Waals surface area contributed by atoms with Gasteiger partial charge in [0.15, 0.2) is 17.3 Å². The van der Waals surface area contributed by atoms with Gasteiger partial charge in [-0.25, -0.2) is 0 Å². The molecule has 7 heteroatoms. The van der Waals surface area contributed by atoms with Crippen LogP contribution in [0.4, 0.5) is 5.69 Å². The number of hydrazone groups is 1. The van der Waals surface area contributed by atoms with E-state index in [-0.39, 0.29) is 23.8 Å². The summed E-state index contributed by atoms with van der Waals surface area (Å²) in [7, 11) is 0. The number of carbonyl (C=O) groups excluding carboxylic acids is 1. The van der Waals surface area contributed by atoms with Crippen LogP contribution in [0.25, 0.3) is 0 Å². The Morgan fingerprint density at radius 3 is 2.56 bits per heavy atom. The summed E-state index contributed by atoms with van der Waals surface area (Å²) >= 11 is 5.73. The number of nitrogens with zero attached hydrogens (tertiary/aromatic N) is 2. The molecule has 0 aliphatic carbocycles. The molecule has 0 atom stereocenters. The van der Waals surface area contributed by atoms with Gasteiger partial charge in [0.1, 0.15) is 0 Å². The molecule has 18 heavy (non-hydrogen) atoms. The van der Waals surface area contributed by atoms with E-state index < -0.39 is 0 Å². The van der Waals surface area contributed by atoms with Crippen LogP contribution in [0, 0.1) is 0 Å². The number of anilines is 1. The van der Waals surface area contributed by atoms with Gasteiger partial charge in [-0.1, -0.05) is 23.7 Å². The van der Waals surface area contributed by atoms with Gasteiger partial charge in [0.25, 0.3) is 0 Å². The number of Topliss-reactive ketones (excluding diaryl/α,β-unsaturated/α-hetero) is 1. The molecule has 0 unspecified atom stereocenters. The van der Waals surface area contributed by atoms with Crippen LogP contribution < -0.4 is 11.2 Å². The summed E-state index contributed by atoms with van der Waals surface area (Å²) in [6.07, 6.45) is 0.206. The standard InChI is InChI=1S/C11H13ClN4O2/c1-2-9(17)10(11(13)16-18)15-14-8-5-3-7(12)4-6-8/h3-6,14,18H,2H2,1H3,(H2,13,16)/b15-10+. The van der Waals surface area contributed by atoms with Crippen LogP contribution in [0.2, 0.25) is 5.02 Å². The smallest absolute Gasteiger partial charge is 0.194 e. The second-order valence-electron chi connectivity index (χ2n) is 3.34. The Balaban J connectivity index is 2.90. The Bertz CT molecular complexity index is 482. The molecule has 1 aromatic carbocycles. The molecule has 6 nitrogen and oxygen atoms in total. The van der Waals surface area contributed by atoms with Crippen molar-refractivity contribution in [1.82, 2.24) is 0 Å². The Morgan fingerprint density at radius 2 is 2.06 bits per heavy atom. The monoisotopic (exact) mass is 268 g/mol. The molecule has 0 heterocycles. The number of halogens is 1. The lowest BCUT2D eigenvalue weighted by atomic mass is 10.2. The van der Waals surface area contributed by atoms with E-state index >= 15 is 0 Å². The summed E-state index contributed by atoms with van der Waals surface area (Å²) in [5.41, 5.74) is 8.52. The van der Waals surface area contributed by atoms with Crippen molar-refractivity contribution in [3.05, 3.63) is 29.3 Å². The number of benzene rings is 1. The first kappa shape index (κ1) is 14.0. The van der Waals surface area contributed by atoms with Gasteiger partial charge < -0.3 is 10.9 Å². The zero-order chi connectivity index (χ0) is 13.5. The van der Waals surface area contributed by atoms with Crippen LogP contribution in [-0.2, 0) is 4.79 Å². The minimum Gasteiger partial charge on any atom is -0.409 e. The van der Waals surface area contributed by atoms with Crippen molar-refractivity contribution in [2.24, 2.45) is 16.0 Å². The van der Waals surface area contributed by atoms with E-state index in [1.807, 2.05) is 0 Å². The molecule has 4 N–H and O–H groups in total. The third kappa shape index (κ3) is 3.74. The molecule has 0 aliphatic rings. The Morgan fingerprint density at radius 1 is 1.44 bits per heavy atom. The molecule has 0 bridgehead atoms. The largest absolute Gasteiger partial charge is 0.409 e. The highest BCUT2D eigenvalue weighted by Gasteiger charge is 2.14. The average molecular weight is 269 g/mol. The van der Waals surface area contributed by atoms with Crippen molar-refractivity contribution < 1.29 is 10.0 Å². The molecule has 0 aliphatic heterocycles. The molecular weight excluding hydrogens is 256 g/mol. The quantitative estimate of drug-likeness (QED) is 0.328. The fraction of sp³-hybridized carbons (Fsp3) is 0.182. The first-order chi connectivity index (χ1) is 8.58. The SMILES string of the molecule is CCC(=O)C(=N\Nc1ccc(Cl)cc1)/C(N)=N/O. The first-order valence-corrected chi connectivity index (χ1v) is 5.56. The minimum absolute atomic E-state index is 0.116. The maximum atomic E-state index is 11.5. The van der Waals surface area contributed by atoms with Crippen molar-refractivity contribution in [2.45, 2.75) is 13.3 Å². The van der Waals surface area contributed by atoms with E-state index in [9.17, 15) is 4.79 Å². The van der Waals surface area contributed by atoms with Crippen LogP contribution in [0.15, 0.2) is 34.5 Å². The van der Waals surface area contributed by atoms with Crippen LogP contribution >= 0.6 is 11.6 Å². The molecule has 1 rings (SSSR count). The molecule has 0 amide bonds. The molecule has 1 aromatic rings. The second-order valence-corrected chi connectivity index (χ2v) is 3.78. The van der Waals surface area contributed by atoms with E-state index in [2.05, 4.69) is 15.7 Å². The summed E-state index contributed by atoms with van der Waals surface area (Å²) in [5.74, 6) is -0.657. The lowest BCUT2D eigenvalue weighted by Crippen LogP contribution is -2.31. The molecule has 0 aromatic heterocycles. The summed E-state index contributed by atoms with van der Waals surface area (Å²) < 4.78 is 0. The Labute approximate surface area is 109 Å². The highest BCUT2D eigenvalue weighted by Crippen LogP contribution is 2.13. The highest BCUT2D eigenvalue weighted by atomic mass is 35.5. The predicted molar refractivity (Wildman–Crippen MR) is 71.2 cm³/mol. The number of carbonyl (C=O) groups is 1. The second kappa shape index (κ2) is 6.61. The normalized spacial score (nSPS) is 12.3. The van der Waals surface area contributed by atoms with Crippen molar-refractivity contribution >= 4 is 34.6 Å². The fourth-order valence-electron chi connectivity index (χ4n) is 1.12. The van der Waals surface area contributed by atoms with Gasteiger partial charge in [0.05, 0.1) is 5.69 Å². The van der Waals surface area contributed by atoms with E-state index in [4.69, 9.17) is 22.5 Å². The number of oxime groups is 1. The molecular formula is C11H13ClN4O2. The van der Waals surface area contributed by atoms with Gasteiger partial charge in [-0.2, -0.15) is 5.10 Å². The van der Waals surface area contributed by atoms with Gasteiger partial charge in [0.2, 0.25) is 0 Å². The molecule has 0 radical (unpaired) electrons. The fourth-order valence-corrected chi connectivity index (χ4v) is 1.25. The predicted octanol–water partition coefficient (Wildman–Crippen LogP) is 1.83. The number of hydrogen-bond donors (Lipinski definition) is 3. The third-order valence-corrected chi connectivity index (χ3v) is 2.33. The van der Waals surface area contributed by atoms with Crippen LogP contribution in [0.3, 0.4) is 0 Å². The summed E-state index contributed by atoms with van der Waals surface area (Å²) in [6, 6.07) is 6.72. The average Bonchev–Trinajstić information content (AvgIpc) is 2.40. The van der Waals surface area contributed by atoms with Gasteiger partial charge in [0, 0.05) is 11.4 Å². The van der Waals surface area contributed by atoms with Gasteiger partial charge in [-0.05, 0) is 24.3 Å². The number of rotatable bonds is 5. The number of nitrogens with one attached hydrogen (secondary N) is 1. The van der Waals surface area contributed by atoms with E-state index in [0.717, 1.165) is 0 Å². The number of ketones is 1. The van der Waals surface area contributed by atoms with Gasteiger partial charge in [-0.15, -0.1) is 0 Å². The first-order valence-electron chi connectivity index (χ1n) is 5.18. The lowest BCUT2D eigenvalue weighted by molar-refractivity contribution is -0.112. The summed E-state index contributed by atoms with van der Waals surface area (Å²) in [4.78, 5) is 11.5. The molecule has 96 valence electrons. The van der Waals surface area contributed by atoms with Crippen LogP contribution in [0.1, 0.15) is 13.3 Å². The van der Waals surface area contributed by atoms with E-state index in [1.54, 1.807) is 31.2 Å². The molecule has 0 fully saturated rings. The number of hydrogen-bond acceptors (Lipinski definition) is 5. The molecule has 0 saturated heterocycles. The van der Waals surface area contributed by atoms with E-state index in [0.29, 0.717) is 10.7 Å². The molecule has 0 spiro atoms. The maximum absolute atomic E-state index is 11.5. The zero-order valence-electron chi connectivity index (χ0n) is 9.72. The van der Waals surface area contributed by atoms with Crippen molar-refractivity contribution in [3.8, 4) is 0 Å². The Hall–Kier alpha value is -2.08. The Kier molecular flexibility index (Phi) is 5.13. The maximum Gasteiger partial charge on any atom is 0.194 e. The van der Waals surface area contributed by atoms with Crippen LogP contribution in [0.5, 0.6) is 0 Å².